The van der Waals surface area contributed by atoms with Crippen LogP contribution in [0.5, 0.6) is 0 Å². The lowest BCUT2D eigenvalue weighted by Gasteiger charge is -2.33. The Morgan fingerprint density at radius 1 is 0.559 bits per heavy atom. The molecule has 0 unspecified atom stereocenters. The van der Waals surface area contributed by atoms with E-state index >= 15 is 0 Å². The van der Waals surface area contributed by atoms with Crippen LogP contribution in [0, 0.1) is 0 Å². The van der Waals surface area contributed by atoms with Gasteiger partial charge in [0.15, 0.2) is 0 Å². The highest BCUT2D eigenvalue weighted by Gasteiger charge is 2.34. The van der Waals surface area contributed by atoms with Gasteiger partial charge in [-0.05, 0) is 72.9 Å². The molecule has 0 spiro atoms. The molecule has 3 aromatic carbocycles. The van der Waals surface area contributed by atoms with E-state index in [1.54, 1.807) is 0 Å². The van der Waals surface area contributed by atoms with Crippen molar-refractivity contribution in [3.63, 3.8) is 0 Å². The van der Waals surface area contributed by atoms with E-state index < -0.39 is 74.1 Å². The molecule has 0 radical (unpaired) electrons. The van der Waals surface area contributed by atoms with E-state index in [1.165, 1.54) is 10.5 Å². The summed E-state index contributed by atoms with van der Waals surface area (Å²) in [6, 6.07) is 25.8. The van der Waals surface area contributed by atoms with Crippen molar-refractivity contribution in [1.82, 2.24) is 10.2 Å². The van der Waals surface area contributed by atoms with E-state index in [2.05, 4.69) is 29.6 Å². The molecule has 11 N–H and O–H groups in total. The van der Waals surface area contributed by atoms with E-state index in [0.29, 0.717) is 25.8 Å². The van der Waals surface area contributed by atoms with Crippen LogP contribution in [0.15, 0.2) is 78.9 Å². The van der Waals surface area contributed by atoms with Crippen LogP contribution in [0.2, 0.25) is 0 Å². The van der Waals surface area contributed by atoms with Crippen molar-refractivity contribution in [2.24, 2.45) is 0 Å². The number of aliphatic hydroxyl groups excluding tert-OH is 10. The van der Waals surface area contributed by atoms with Gasteiger partial charge in [-0.2, -0.15) is 0 Å². The Bertz CT molecular complexity index is 1570. The second-order valence-electron chi connectivity index (χ2n) is 14.6. The number of aryl methyl sites for hydroxylation is 2. The molecule has 0 aliphatic rings. The fourth-order valence-electron chi connectivity index (χ4n) is 6.22. The standard InChI is InChI=1S/C43H62N2O14/c46-26-36(50)41(55)39(53)34(48)24-45(25-35(49)40(54)42(56)37(51)27-47)22-6-7-23-58-38(52)20-15-30-13-18-33(19-14-30)32-16-11-29(12-17-32)8-4-5-21-44-43(57)59-28-31-9-2-1-3-10-31/h1-3,9-14,16-19,34-37,39-42,46-51,53-56H,4-8,15,20-28H2,(H,44,57)/t34-,35-,36+,37+,39+,40+,41+,42+/m0/s1. The first-order chi connectivity index (χ1) is 28.3. The second kappa shape index (κ2) is 26.9. The molecular formula is C43H62N2O14. The largest absolute Gasteiger partial charge is 0.466 e. The molecule has 0 aliphatic heterocycles. The van der Waals surface area contributed by atoms with Crippen molar-refractivity contribution in [3.05, 3.63) is 95.6 Å². The highest BCUT2D eigenvalue weighted by molar-refractivity contribution is 5.70. The number of nitrogens with zero attached hydrogens (tertiary/aromatic N) is 1. The van der Waals surface area contributed by atoms with Gasteiger partial charge < -0.3 is 65.9 Å². The lowest BCUT2D eigenvalue weighted by Crippen LogP contribution is -2.53. The molecule has 0 saturated carbocycles. The molecule has 0 saturated heterocycles. The highest BCUT2D eigenvalue weighted by Crippen LogP contribution is 2.22. The van der Waals surface area contributed by atoms with Crippen molar-refractivity contribution in [3.8, 4) is 11.1 Å². The quantitative estimate of drug-likeness (QED) is 0.0341. The summed E-state index contributed by atoms with van der Waals surface area (Å²) in [5.74, 6) is -0.398. The minimum atomic E-state index is -1.88. The molecule has 328 valence electrons. The molecule has 0 aromatic heterocycles. The Balaban J connectivity index is 1.36. The number of aliphatic hydroxyl groups is 10. The zero-order chi connectivity index (χ0) is 43.2. The molecule has 0 fully saturated rings. The third kappa shape index (κ3) is 18.0. The first-order valence-corrected chi connectivity index (χ1v) is 20.0. The molecule has 3 rings (SSSR count). The Labute approximate surface area is 344 Å². The molecule has 59 heavy (non-hydrogen) atoms. The summed E-state index contributed by atoms with van der Waals surface area (Å²) in [4.78, 5) is 25.8. The molecule has 1 amide bonds. The molecule has 8 atom stereocenters. The zero-order valence-electron chi connectivity index (χ0n) is 33.3. The van der Waals surface area contributed by atoms with Crippen molar-refractivity contribution in [1.29, 1.82) is 0 Å². The van der Waals surface area contributed by atoms with Gasteiger partial charge >= 0.3 is 12.1 Å². The normalized spacial score (nSPS) is 15.7. The van der Waals surface area contributed by atoms with Gasteiger partial charge in [0.1, 0.15) is 43.2 Å². The number of carbonyl (C=O) groups is 2. The van der Waals surface area contributed by atoms with Crippen LogP contribution >= 0.6 is 0 Å². The van der Waals surface area contributed by atoms with Crippen LogP contribution in [0.25, 0.3) is 11.1 Å². The fourth-order valence-corrected chi connectivity index (χ4v) is 6.22. The second-order valence-corrected chi connectivity index (χ2v) is 14.6. The first kappa shape index (κ1) is 49.3. The Hall–Kier alpha value is -4.04. The van der Waals surface area contributed by atoms with Crippen molar-refractivity contribution in [2.75, 3.05) is 46.0 Å². The fraction of sp³-hybridized carbons (Fsp3) is 0.535. The average Bonchev–Trinajstić information content (AvgIpc) is 3.26. The summed E-state index contributed by atoms with van der Waals surface area (Å²) in [7, 11) is 0. The molecule has 0 heterocycles. The molecule has 16 nitrogen and oxygen atoms in total. The summed E-state index contributed by atoms with van der Waals surface area (Å²) in [5.41, 5.74) is 5.20. The average molecular weight is 831 g/mol. The van der Waals surface area contributed by atoms with E-state index in [1.807, 2.05) is 54.6 Å². The van der Waals surface area contributed by atoms with E-state index in [0.717, 1.165) is 41.5 Å². The van der Waals surface area contributed by atoms with Gasteiger partial charge in [-0.15, -0.1) is 0 Å². The summed E-state index contributed by atoms with van der Waals surface area (Å²) < 4.78 is 10.6. The van der Waals surface area contributed by atoms with Crippen molar-refractivity contribution < 1.29 is 70.1 Å². The monoisotopic (exact) mass is 830 g/mol. The summed E-state index contributed by atoms with van der Waals surface area (Å²) >= 11 is 0. The Morgan fingerprint density at radius 3 is 1.59 bits per heavy atom. The van der Waals surface area contributed by atoms with Crippen molar-refractivity contribution >= 4 is 12.1 Å². The van der Waals surface area contributed by atoms with E-state index in [9.17, 15) is 50.4 Å². The van der Waals surface area contributed by atoms with E-state index in [-0.39, 0.29) is 39.3 Å². The van der Waals surface area contributed by atoms with Gasteiger partial charge in [0.25, 0.3) is 0 Å². The number of amides is 1. The first-order valence-electron chi connectivity index (χ1n) is 20.0. The molecule has 0 bridgehead atoms. The predicted molar refractivity (Wildman–Crippen MR) is 217 cm³/mol. The maximum Gasteiger partial charge on any atom is 0.407 e. The predicted octanol–water partition coefficient (Wildman–Crippen LogP) is 0.0325. The minimum Gasteiger partial charge on any atom is -0.466 e. The lowest BCUT2D eigenvalue weighted by molar-refractivity contribution is -0.143. The van der Waals surface area contributed by atoms with Crippen LogP contribution in [0.3, 0.4) is 0 Å². The summed E-state index contributed by atoms with van der Waals surface area (Å²) in [6.45, 7) is -1.51. The minimum absolute atomic E-state index is 0.0709. The van der Waals surface area contributed by atoms with Gasteiger partial charge in [0.2, 0.25) is 0 Å². The lowest BCUT2D eigenvalue weighted by atomic mass is 10.00. The van der Waals surface area contributed by atoms with Crippen LogP contribution < -0.4 is 5.32 Å². The van der Waals surface area contributed by atoms with Crippen LogP contribution in [-0.2, 0) is 33.7 Å². The SMILES string of the molecule is O=C(CCc1ccc(-c2ccc(CCCCNC(=O)OCc3ccccc3)cc2)cc1)OCCCCN(C[C@H](O)[C@@H](O)[C@H](O)[C@H](O)CO)C[C@H](O)[C@@H](O)[C@H](O)[C@H](O)CO. The van der Waals surface area contributed by atoms with Gasteiger partial charge in [-0.25, -0.2) is 4.79 Å². The van der Waals surface area contributed by atoms with Crippen molar-refractivity contribution in [2.45, 2.75) is 100 Å². The summed E-state index contributed by atoms with van der Waals surface area (Å²) in [5, 5.41) is 102. The number of nitrogens with one attached hydrogen (secondary N) is 1. The van der Waals surface area contributed by atoms with E-state index in [4.69, 9.17) is 19.7 Å². The van der Waals surface area contributed by atoms with Crippen LogP contribution in [0.4, 0.5) is 4.79 Å². The Kier molecular flexibility index (Phi) is 22.5. The highest BCUT2D eigenvalue weighted by atomic mass is 16.5. The van der Waals surface area contributed by atoms with Gasteiger partial charge in [-0.3, -0.25) is 9.69 Å². The molecule has 0 aliphatic carbocycles. The smallest absolute Gasteiger partial charge is 0.407 e. The van der Waals surface area contributed by atoms with Gasteiger partial charge in [-0.1, -0.05) is 78.9 Å². The van der Waals surface area contributed by atoms with Crippen LogP contribution in [-0.4, -0.2) is 163 Å². The number of carbonyl (C=O) groups excluding carboxylic acids is 2. The van der Waals surface area contributed by atoms with Gasteiger partial charge in [0, 0.05) is 26.1 Å². The molecular weight excluding hydrogens is 768 g/mol. The number of unbranched alkanes of at least 4 members (excludes halogenated alkanes) is 2. The Morgan fingerprint density at radius 2 is 1.07 bits per heavy atom. The number of hydrogen-bond acceptors (Lipinski definition) is 15. The third-order valence-electron chi connectivity index (χ3n) is 9.91. The zero-order valence-corrected chi connectivity index (χ0v) is 33.3. The number of esters is 1. The van der Waals surface area contributed by atoms with Crippen LogP contribution in [0.1, 0.15) is 48.8 Å². The summed E-state index contributed by atoms with van der Waals surface area (Å²) in [6.07, 6.45) is -10.8. The third-order valence-corrected chi connectivity index (χ3v) is 9.91. The molecule has 3 aromatic rings. The number of alkyl carbamates (subject to hydrolysis) is 1. The topological polar surface area (TPSA) is 270 Å². The number of rotatable bonds is 28. The maximum atomic E-state index is 12.5. The van der Waals surface area contributed by atoms with Gasteiger partial charge in [0.05, 0.1) is 32.0 Å². The number of hydrogen-bond donors (Lipinski definition) is 11. The number of benzene rings is 3. The molecule has 16 heteroatoms. The number of ether oxygens (including phenoxy) is 2. The maximum absolute atomic E-state index is 12.5.